The smallest absolute Gasteiger partial charge is 0.130 e. The Morgan fingerprint density at radius 2 is 2.04 bits per heavy atom. The van der Waals surface area contributed by atoms with Gasteiger partial charge in [0.1, 0.15) is 17.6 Å². The van der Waals surface area contributed by atoms with Gasteiger partial charge in [-0.25, -0.2) is 4.39 Å². The molecule has 23 heavy (non-hydrogen) atoms. The molecule has 4 aliphatic rings. The molecule has 3 N–H and O–H groups in total. The second kappa shape index (κ2) is 5.57. The molecule has 130 valence electrons. The molecule has 2 aliphatic heterocycles. The molecule has 0 spiro atoms. The first-order valence-electron chi connectivity index (χ1n) is 8.95. The summed E-state index contributed by atoms with van der Waals surface area (Å²) in [4.78, 5) is 6.87. The van der Waals surface area contributed by atoms with Crippen LogP contribution in [-0.2, 0) is 0 Å². The third-order valence-corrected chi connectivity index (χ3v) is 7.32. The lowest BCUT2D eigenvalue weighted by Gasteiger charge is -2.49. The van der Waals surface area contributed by atoms with Crippen LogP contribution in [0.1, 0.15) is 38.5 Å². The van der Waals surface area contributed by atoms with Gasteiger partial charge in [0, 0.05) is 23.3 Å². The van der Waals surface area contributed by atoms with E-state index in [9.17, 15) is 9.50 Å². The number of nitrogens with two attached hydrogens (primary N) is 1. The van der Waals surface area contributed by atoms with Crippen molar-refractivity contribution in [3.63, 3.8) is 0 Å². The molecule has 0 aromatic rings. The minimum absolute atomic E-state index is 0.0521. The molecule has 0 bridgehead atoms. The lowest BCUT2D eigenvalue weighted by atomic mass is 9.62. The first-order valence-corrected chi connectivity index (χ1v) is 9.39. The first-order chi connectivity index (χ1) is 10.9. The predicted molar refractivity (Wildman–Crippen MR) is 89.5 cm³/mol. The molecule has 2 heterocycles. The van der Waals surface area contributed by atoms with Crippen LogP contribution in [0.2, 0.25) is 0 Å². The van der Waals surface area contributed by atoms with Crippen LogP contribution in [0.4, 0.5) is 4.39 Å². The molecule has 0 amide bonds. The zero-order chi connectivity index (χ0) is 16.4. The van der Waals surface area contributed by atoms with Crippen LogP contribution in [0.5, 0.6) is 0 Å². The van der Waals surface area contributed by atoms with Gasteiger partial charge in [-0.15, -0.1) is 11.6 Å². The van der Waals surface area contributed by atoms with Crippen molar-refractivity contribution in [2.45, 2.75) is 67.8 Å². The Labute approximate surface area is 142 Å². The molecule has 4 nitrogen and oxygen atoms in total. The average molecular weight is 344 g/mol. The number of likely N-dealkylation sites (tertiary alicyclic amines) is 1. The van der Waals surface area contributed by atoms with Crippen molar-refractivity contribution in [2.75, 3.05) is 13.6 Å². The van der Waals surface area contributed by atoms with Crippen LogP contribution >= 0.6 is 11.6 Å². The van der Waals surface area contributed by atoms with Gasteiger partial charge in [0.25, 0.3) is 0 Å². The highest BCUT2D eigenvalue weighted by atomic mass is 35.5. The topological polar surface area (TPSA) is 61.8 Å². The van der Waals surface area contributed by atoms with Crippen molar-refractivity contribution >= 4 is 17.4 Å². The van der Waals surface area contributed by atoms with Crippen molar-refractivity contribution in [3.8, 4) is 0 Å². The van der Waals surface area contributed by atoms with Gasteiger partial charge in [0.15, 0.2) is 0 Å². The van der Waals surface area contributed by atoms with Crippen molar-refractivity contribution in [2.24, 2.45) is 28.5 Å². The number of amidine groups is 1. The Morgan fingerprint density at radius 3 is 2.83 bits per heavy atom. The fourth-order valence-electron chi connectivity index (χ4n) is 5.89. The first kappa shape index (κ1) is 16.1. The predicted octanol–water partition coefficient (Wildman–Crippen LogP) is 1.93. The molecule has 8 unspecified atom stereocenters. The van der Waals surface area contributed by atoms with Gasteiger partial charge in [-0.1, -0.05) is 0 Å². The molecule has 1 saturated heterocycles. The van der Waals surface area contributed by atoms with Gasteiger partial charge in [-0.05, 0) is 58.0 Å². The number of nitrogens with zero attached hydrogens (tertiary/aromatic N) is 2. The van der Waals surface area contributed by atoms with Gasteiger partial charge >= 0.3 is 0 Å². The minimum atomic E-state index is -1.19. The Bertz CT molecular complexity index is 518. The highest BCUT2D eigenvalue weighted by Gasteiger charge is 2.61. The summed E-state index contributed by atoms with van der Waals surface area (Å²) in [5, 5.41) is 11.7. The zero-order valence-corrected chi connectivity index (χ0v) is 14.4. The van der Waals surface area contributed by atoms with Crippen LogP contribution in [0, 0.1) is 17.8 Å². The zero-order valence-electron chi connectivity index (χ0n) is 13.7. The Kier molecular flexibility index (Phi) is 3.90. The van der Waals surface area contributed by atoms with E-state index in [1.807, 2.05) is 0 Å². The fraction of sp³-hybridized carbons (Fsp3) is 0.941. The summed E-state index contributed by atoms with van der Waals surface area (Å²) in [6.45, 7) is 0.970. The second-order valence-corrected chi connectivity index (χ2v) is 8.74. The standard InChI is InChI=1S/C17H27ClFN3O/c1-22-5-4-9-6-11(19)8-13(15(9)22)17(23)12-7-10(18)2-3-14(12)21-16(17)20/h9-15,23H,2-8H2,1H3,(H2,20,21). The van der Waals surface area contributed by atoms with E-state index in [1.165, 1.54) is 0 Å². The van der Waals surface area contributed by atoms with Gasteiger partial charge in [-0.3, -0.25) is 4.99 Å². The summed E-state index contributed by atoms with van der Waals surface area (Å²) in [5.74, 6) is 0.421. The SMILES string of the molecule is CN1CCC2CC(F)CC(C3(O)C(N)=NC4CCC(Cl)CC43)C21. The largest absolute Gasteiger partial charge is 0.385 e. The number of hydrogen-bond donors (Lipinski definition) is 2. The van der Waals surface area contributed by atoms with Gasteiger partial charge in [0.2, 0.25) is 0 Å². The average Bonchev–Trinajstić information content (AvgIpc) is 2.99. The number of halogens is 2. The van der Waals surface area contributed by atoms with Crippen LogP contribution in [0.25, 0.3) is 0 Å². The van der Waals surface area contributed by atoms with Crippen molar-refractivity contribution in [1.29, 1.82) is 0 Å². The molecule has 3 fully saturated rings. The molecule has 0 aromatic carbocycles. The number of aliphatic hydroxyl groups is 1. The minimum Gasteiger partial charge on any atom is -0.385 e. The normalized spacial score (nSPS) is 53.7. The molecular weight excluding hydrogens is 317 g/mol. The maximum atomic E-state index is 14.4. The van der Waals surface area contributed by atoms with Crippen LogP contribution in [0.15, 0.2) is 4.99 Å². The lowest BCUT2D eigenvalue weighted by Crippen LogP contribution is -2.62. The molecular formula is C17H27ClFN3O. The third kappa shape index (κ3) is 2.34. The molecule has 6 heteroatoms. The number of hydrogen-bond acceptors (Lipinski definition) is 4. The Balaban J connectivity index is 1.70. The third-order valence-electron chi connectivity index (χ3n) is 6.92. The van der Waals surface area contributed by atoms with Crippen molar-refractivity contribution in [3.05, 3.63) is 0 Å². The van der Waals surface area contributed by atoms with Crippen LogP contribution in [-0.4, -0.2) is 58.7 Å². The van der Waals surface area contributed by atoms with E-state index < -0.39 is 11.8 Å². The molecule has 0 radical (unpaired) electrons. The van der Waals surface area contributed by atoms with Gasteiger partial charge in [0.05, 0.1) is 6.04 Å². The second-order valence-electron chi connectivity index (χ2n) is 8.12. The van der Waals surface area contributed by atoms with Gasteiger partial charge < -0.3 is 15.7 Å². The number of aliphatic imine (C=N–C) groups is 1. The summed E-state index contributed by atoms with van der Waals surface area (Å²) in [5.41, 5.74) is 5.05. The van der Waals surface area contributed by atoms with E-state index in [0.717, 1.165) is 32.2 Å². The van der Waals surface area contributed by atoms with Crippen LogP contribution < -0.4 is 5.73 Å². The van der Waals surface area contributed by atoms with Crippen molar-refractivity contribution in [1.82, 2.24) is 4.90 Å². The molecule has 2 aliphatic carbocycles. The Hall–Kier alpha value is -0.390. The molecule has 8 atom stereocenters. The summed E-state index contributed by atoms with van der Waals surface area (Å²) < 4.78 is 14.4. The monoisotopic (exact) mass is 343 g/mol. The quantitative estimate of drug-likeness (QED) is 0.715. The van der Waals surface area contributed by atoms with E-state index in [2.05, 4.69) is 16.9 Å². The molecule has 4 rings (SSSR count). The highest BCUT2D eigenvalue weighted by molar-refractivity contribution is 6.20. The number of rotatable bonds is 1. The summed E-state index contributed by atoms with van der Waals surface area (Å²) in [6.07, 6.45) is 3.67. The summed E-state index contributed by atoms with van der Waals surface area (Å²) in [6, 6.07) is 0.260. The summed E-state index contributed by atoms with van der Waals surface area (Å²) in [7, 11) is 2.09. The maximum absolute atomic E-state index is 14.4. The van der Waals surface area contributed by atoms with E-state index in [-0.39, 0.29) is 29.3 Å². The van der Waals surface area contributed by atoms with E-state index in [4.69, 9.17) is 17.3 Å². The molecule has 0 aromatic heterocycles. The van der Waals surface area contributed by atoms with Crippen molar-refractivity contribution < 1.29 is 9.50 Å². The highest BCUT2D eigenvalue weighted by Crippen LogP contribution is 2.52. The number of fused-ring (bicyclic) bond motifs is 2. The van der Waals surface area contributed by atoms with E-state index >= 15 is 0 Å². The number of alkyl halides is 2. The lowest BCUT2D eigenvalue weighted by molar-refractivity contribution is -0.0751. The van der Waals surface area contributed by atoms with Crippen LogP contribution in [0.3, 0.4) is 0 Å². The fourth-order valence-corrected chi connectivity index (χ4v) is 6.21. The molecule has 2 saturated carbocycles. The Morgan fingerprint density at radius 1 is 1.26 bits per heavy atom. The summed E-state index contributed by atoms with van der Waals surface area (Å²) >= 11 is 6.38. The van der Waals surface area contributed by atoms with E-state index in [1.54, 1.807) is 0 Å². The van der Waals surface area contributed by atoms with Gasteiger partial charge in [-0.2, -0.15) is 0 Å². The maximum Gasteiger partial charge on any atom is 0.130 e. The van der Waals surface area contributed by atoms with E-state index in [0.29, 0.717) is 24.6 Å².